The molecule has 3 amide bonds. The van der Waals surface area contributed by atoms with Crippen LogP contribution >= 0.6 is 0 Å². The predicted molar refractivity (Wildman–Crippen MR) is 120 cm³/mol. The Bertz CT molecular complexity index is 1310. The second-order valence-electron chi connectivity index (χ2n) is 8.25. The SMILES string of the molecule is NC(=O)c1cc(-c2cccnc2[C@H](Cc2cc(F)cc(F)c2)N2C(=O)CCC2C(N)=O)ccc1F. The normalized spacial score (nSPS) is 16.4. The molecular formula is C25H21F3N4O3. The van der Waals surface area contributed by atoms with Crippen LogP contribution in [0.25, 0.3) is 11.1 Å². The summed E-state index contributed by atoms with van der Waals surface area (Å²) in [5.41, 5.74) is 11.8. The Morgan fingerprint density at radius 1 is 1.06 bits per heavy atom. The van der Waals surface area contributed by atoms with E-state index in [0.717, 1.165) is 24.3 Å². The largest absolute Gasteiger partial charge is 0.368 e. The quantitative estimate of drug-likeness (QED) is 0.538. The van der Waals surface area contributed by atoms with Crippen LogP contribution < -0.4 is 11.5 Å². The van der Waals surface area contributed by atoms with E-state index in [1.165, 1.54) is 23.2 Å². The van der Waals surface area contributed by atoms with Crippen molar-refractivity contribution in [1.82, 2.24) is 9.88 Å². The fourth-order valence-electron chi connectivity index (χ4n) is 4.46. The predicted octanol–water partition coefficient (Wildman–Crippen LogP) is 3.02. The van der Waals surface area contributed by atoms with Gasteiger partial charge in [-0.25, -0.2) is 13.2 Å². The summed E-state index contributed by atoms with van der Waals surface area (Å²) in [6.45, 7) is 0. The van der Waals surface area contributed by atoms with Gasteiger partial charge < -0.3 is 16.4 Å². The molecule has 1 fully saturated rings. The van der Waals surface area contributed by atoms with E-state index in [-0.39, 0.29) is 42.0 Å². The second-order valence-corrected chi connectivity index (χ2v) is 8.25. The van der Waals surface area contributed by atoms with Crippen LogP contribution in [-0.2, 0) is 16.0 Å². The summed E-state index contributed by atoms with van der Waals surface area (Å²) in [7, 11) is 0. The molecule has 3 aromatic rings. The number of hydrogen-bond donors (Lipinski definition) is 2. The van der Waals surface area contributed by atoms with E-state index < -0.39 is 41.3 Å². The summed E-state index contributed by atoms with van der Waals surface area (Å²) in [4.78, 5) is 42.5. The number of aromatic nitrogens is 1. The number of pyridine rings is 1. The molecule has 2 aromatic carbocycles. The number of likely N-dealkylation sites (tertiary alicyclic amines) is 1. The van der Waals surface area contributed by atoms with E-state index in [1.807, 2.05) is 0 Å². The summed E-state index contributed by atoms with van der Waals surface area (Å²) in [5, 5.41) is 0. The van der Waals surface area contributed by atoms with Gasteiger partial charge in [0.1, 0.15) is 23.5 Å². The van der Waals surface area contributed by atoms with Crippen LogP contribution in [0.5, 0.6) is 0 Å². The number of halogens is 3. The third-order valence-corrected chi connectivity index (χ3v) is 5.97. The number of amides is 3. The zero-order valence-corrected chi connectivity index (χ0v) is 18.4. The number of hydrogen-bond acceptors (Lipinski definition) is 4. The Morgan fingerprint density at radius 2 is 1.77 bits per heavy atom. The van der Waals surface area contributed by atoms with Crippen LogP contribution in [0.4, 0.5) is 13.2 Å². The molecule has 0 radical (unpaired) electrons. The van der Waals surface area contributed by atoms with E-state index in [4.69, 9.17) is 11.5 Å². The van der Waals surface area contributed by atoms with Gasteiger partial charge in [-0.1, -0.05) is 12.1 Å². The first-order chi connectivity index (χ1) is 16.7. The van der Waals surface area contributed by atoms with Crippen molar-refractivity contribution in [2.45, 2.75) is 31.3 Å². The van der Waals surface area contributed by atoms with Gasteiger partial charge in [0.05, 0.1) is 17.3 Å². The zero-order valence-electron chi connectivity index (χ0n) is 18.4. The minimum Gasteiger partial charge on any atom is -0.368 e. The van der Waals surface area contributed by atoms with Crippen molar-refractivity contribution in [3.8, 4) is 11.1 Å². The molecule has 2 heterocycles. The van der Waals surface area contributed by atoms with Crippen LogP contribution in [0.1, 0.15) is 40.5 Å². The molecule has 1 unspecified atom stereocenters. The molecule has 0 saturated carbocycles. The molecule has 4 N–H and O–H groups in total. The maximum atomic E-state index is 14.1. The Labute approximate surface area is 198 Å². The van der Waals surface area contributed by atoms with Gasteiger partial charge in [0.15, 0.2) is 0 Å². The first kappa shape index (κ1) is 23.9. The summed E-state index contributed by atoms with van der Waals surface area (Å²) in [6.07, 6.45) is 1.62. The molecule has 180 valence electrons. The molecule has 10 heteroatoms. The summed E-state index contributed by atoms with van der Waals surface area (Å²) >= 11 is 0. The van der Waals surface area contributed by atoms with Gasteiger partial charge in [-0.15, -0.1) is 0 Å². The molecule has 0 bridgehead atoms. The van der Waals surface area contributed by atoms with Crippen molar-refractivity contribution in [2.75, 3.05) is 0 Å². The van der Waals surface area contributed by atoms with Gasteiger partial charge in [0, 0.05) is 24.2 Å². The highest BCUT2D eigenvalue weighted by atomic mass is 19.1. The third kappa shape index (κ3) is 4.86. The Hall–Kier alpha value is -4.21. The average molecular weight is 482 g/mol. The number of rotatable bonds is 7. The van der Waals surface area contributed by atoms with Crippen molar-refractivity contribution in [3.63, 3.8) is 0 Å². The lowest BCUT2D eigenvalue weighted by Gasteiger charge is -2.33. The van der Waals surface area contributed by atoms with Gasteiger partial charge in [0.25, 0.3) is 5.91 Å². The van der Waals surface area contributed by atoms with Crippen molar-refractivity contribution in [2.24, 2.45) is 11.5 Å². The Morgan fingerprint density at radius 3 is 2.43 bits per heavy atom. The molecule has 0 aliphatic carbocycles. The van der Waals surface area contributed by atoms with Crippen LogP contribution in [-0.4, -0.2) is 33.6 Å². The Balaban J connectivity index is 1.89. The van der Waals surface area contributed by atoms with Crippen LogP contribution in [0.3, 0.4) is 0 Å². The molecule has 1 saturated heterocycles. The first-order valence-electron chi connectivity index (χ1n) is 10.8. The summed E-state index contributed by atoms with van der Waals surface area (Å²) in [6, 6.07) is 8.08. The number of carbonyl (C=O) groups is 3. The van der Waals surface area contributed by atoms with Crippen molar-refractivity contribution < 1.29 is 27.6 Å². The molecule has 0 spiro atoms. The highest BCUT2D eigenvalue weighted by Crippen LogP contribution is 2.37. The average Bonchev–Trinajstić information content (AvgIpc) is 3.18. The number of benzene rings is 2. The smallest absolute Gasteiger partial charge is 0.251 e. The van der Waals surface area contributed by atoms with E-state index >= 15 is 0 Å². The number of carbonyl (C=O) groups excluding carboxylic acids is 3. The topological polar surface area (TPSA) is 119 Å². The molecule has 35 heavy (non-hydrogen) atoms. The molecule has 1 aliphatic heterocycles. The lowest BCUT2D eigenvalue weighted by Crippen LogP contribution is -2.45. The molecule has 1 aromatic heterocycles. The fraction of sp³-hybridized carbons (Fsp3) is 0.200. The minimum absolute atomic E-state index is 0.0617. The van der Waals surface area contributed by atoms with E-state index in [1.54, 1.807) is 12.1 Å². The van der Waals surface area contributed by atoms with Gasteiger partial charge in [-0.05, 0) is 54.3 Å². The monoisotopic (exact) mass is 482 g/mol. The van der Waals surface area contributed by atoms with Crippen molar-refractivity contribution >= 4 is 17.7 Å². The second kappa shape index (κ2) is 9.57. The first-order valence-corrected chi connectivity index (χ1v) is 10.8. The molecule has 7 nitrogen and oxygen atoms in total. The summed E-state index contributed by atoms with van der Waals surface area (Å²) in [5.74, 6) is -4.47. The highest BCUT2D eigenvalue weighted by Gasteiger charge is 2.41. The number of nitrogens with two attached hydrogens (primary N) is 2. The number of primary amides is 2. The zero-order chi connectivity index (χ0) is 25.3. The molecule has 1 aliphatic rings. The van der Waals surface area contributed by atoms with E-state index in [9.17, 15) is 27.6 Å². The third-order valence-electron chi connectivity index (χ3n) is 5.97. The van der Waals surface area contributed by atoms with Gasteiger partial charge in [-0.3, -0.25) is 19.4 Å². The van der Waals surface area contributed by atoms with Gasteiger partial charge in [-0.2, -0.15) is 0 Å². The fourth-order valence-corrected chi connectivity index (χ4v) is 4.46. The lowest BCUT2D eigenvalue weighted by molar-refractivity contribution is -0.136. The van der Waals surface area contributed by atoms with E-state index in [2.05, 4.69) is 4.98 Å². The van der Waals surface area contributed by atoms with Gasteiger partial charge in [0.2, 0.25) is 11.8 Å². The van der Waals surface area contributed by atoms with Crippen molar-refractivity contribution in [3.05, 3.63) is 89.0 Å². The Kier molecular flexibility index (Phi) is 6.54. The molecule has 4 rings (SSSR count). The molecule has 2 atom stereocenters. The summed E-state index contributed by atoms with van der Waals surface area (Å²) < 4.78 is 42.0. The van der Waals surface area contributed by atoms with Crippen LogP contribution in [0.2, 0.25) is 0 Å². The van der Waals surface area contributed by atoms with Crippen LogP contribution in [0, 0.1) is 17.5 Å². The van der Waals surface area contributed by atoms with Crippen LogP contribution in [0.15, 0.2) is 54.7 Å². The minimum atomic E-state index is -0.968. The van der Waals surface area contributed by atoms with Crippen molar-refractivity contribution in [1.29, 1.82) is 0 Å². The number of nitrogens with zero attached hydrogens (tertiary/aromatic N) is 2. The standard InChI is InChI=1S/C25H21F3N4O3/c26-15-8-13(9-16(27)12-15)10-21(32-20(25(30)35)5-6-22(32)33)23-17(2-1-7-31-23)14-3-4-19(28)18(11-14)24(29)34/h1-4,7-9,11-12,20-21H,5-6,10H2,(H2,29,34)(H2,30,35)/t20?,21-/m0/s1. The maximum Gasteiger partial charge on any atom is 0.251 e. The van der Waals surface area contributed by atoms with Gasteiger partial charge >= 0.3 is 0 Å². The molecular weight excluding hydrogens is 461 g/mol. The van der Waals surface area contributed by atoms with E-state index in [0.29, 0.717) is 11.1 Å². The maximum absolute atomic E-state index is 14.1. The lowest BCUT2D eigenvalue weighted by atomic mass is 9.93. The highest BCUT2D eigenvalue weighted by molar-refractivity contribution is 5.94.